The Morgan fingerprint density at radius 1 is 1.18 bits per heavy atom. The smallest absolute Gasteiger partial charge is 0.320 e. The molecule has 5 heterocycles. The quantitative estimate of drug-likeness (QED) is 0.369. The van der Waals surface area contributed by atoms with E-state index in [2.05, 4.69) is 17.9 Å². The number of carbonyl (C=O) groups excluding carboxylic acids is 1. The van der Waals surface area contributed by atoms with E-state index in [-0.39, 0.29) is 12.1 Å². The number of nitrogens with zero attached hydrogens (tertiary/aromatic N) is 9. The molecule has 0 spiro atoms. The molecular formula is C27H31N9O2S2. The summed E-state index contributed by atoms with van der Waals surface area (Å²) in [5.41, 5.74) is 3.67. The number of aromatic nitrogens is 4. The summed E-state index contributed by atoms with van der Waals surface area (Å²) in [7, 11) is 3.78. The molecule has 2 amide bonds. The maximum atomic E-state index is 12.7. The Morgan fingerprint density at radius 2 is 1.93 bits per heavy atom. The highest BCUT2D eigenvalue weighted by atomic mass is 32.1. The second-order valence-corrected chi connectivity index (χ2v) is 12.3. The Hall–Kier alpha value is -3.73. The van der Waals surface area contributed by atoms with Crippen LogP contribution in [0.25, 0.3) is 16.2 Å². The Morgan fingerprint density at radius 3 is 2.60 bits per heavy atom. The summed E-state index contributed by atoms with van der Waals surface area (Å²) in [6.07, 6.45) is 1.18. The molecule has 208 valence electrons. The van der Waals surface area contributed by atoms with E-state index in [1.165, 1.54) is 22.7 Å². The SMILES string of the molecule is CCc1nc2sc(N3CC[C@H](N(C)C(=O)N4CC(O)C4)C3)nn2c1N(C)c1nc(-c2ccc(C)cc2)c(C#N)s1. The number of aliphatic hydroxyl groups is 1. The predicted molar refractivity (Wildman–Crippen MR) is 157 cm³/mol. The largest absolute Gasteiger partial charge is 0.389 e. The molecule has 13 heteroatoms. The zero-order valence-corrected chi connectivity index (χ0v) is 24.5. The van der Waals surface area contributed by atoms with E-state index in [1.807, 2.05) is 54.7 Å². The normalized spacial score (nSPS) is 17.4. The highest BCUT2D eigenvalue weighted by Gasteiger charge is 2.36. The summed E-state index contributed by atoms with van der Waals surface area (Å²) in [5, 5.41) is 25.9. The third-order valence-corrected chi connectivity index (χ3v) is 9.64. The first-order valence-corrected chi connectivity index (χ1v) is 15.0. The minimum atomic E-state index is -0.408. The van der Waals surface area contributed by atoms with Gasteiger partial charge in [0.1, 0.15) is 16.6 Å². The minimum absolute atomic E-state index is 0.0345. The molecule has 1 aromatic carbocycles. The van der Waals surface area contributed by atoms with Gasteiger partial charge >= 0.3 is 6.03 Å². The lowest BCUT2D eigenvalue weighted by atomic mass is 10.1. The lowest BCUT2D eigenvalue weighted by Crippen LogP contribution is -2.58. The Bertz CT molecular complexity index is 1600. The molecule has 0 radical (unpaired) electrons. The molecule has 2 saturated heterocycles. The third-order valence-electron chi connectivity index (χ3n) is 7.64. The van der Waals surface area contributed by atoms with Crippen LogP contribution >= 0.6 is 22.7 Å². The molecule has 4 aromatic rings. The first-order valence-electron chi connectivity index (χ1n) is 13.3. The van der Waals surface area contributed by atoms with Crippen molar-refractivity contribution in [1.29, 1.82) is 5.26 Å². The van der Waals surface area contributed by atoms with Crippen molar-refractivity contribution in [3.63, 3.8) is 0 Å². The lowest BCUT2D eigenvalue weighted by Gasteiger charge is -2.39. The van der Waals surface area contributed by atoms with Gasteiger partial charge in [-0.1, -0.05) is 59.4 Å². The van der Waals surface area contributed by atoms with Gasteiger partial charge in [0, 0.05) is 32.7 Å². The van der Waals surface area contributed by atoms with Gasteiger partial charge in [-0.3, -0.25) is 0 Å². The summed E-state index contributed by atoms with van der Waals surface area (Å²) in [4.78, 5) is 31.5. The van der Waals surface area contributed by atoms with Crippen molar-refractivity contribution in [2.24, 2.45) is 0 Å². The number of anilines is 3. The first kappa shape index (κ1) is 26.5. The number of thiazole rings is 1. The number of imidazole rings is 1. The van der Waals surface area contributed by atoms with Gasteiger partial charge in [-0.05, 0) is 19.8 Å². The maximum absolute atomic E-state index is 12.7. The number of likely N-dealkylation sites (tertiary alicyclic amines) is 1. The zero-order chi connectivity index (χ0) is 28.1. The van der Waals surface area contributed by atoms with E-state index in [9.17, 15) is 15.2 Å². The molecule has 11 nitrogen and oxygen atoms in total. The van der Waals surface area contributed by atoms with E-state index in [0.29, 0.717) is 35.3 Å². The van der Waals surface area contributed by atoms with Crippen LogP contribution in [0, 0.1) is 18.3 Å². The number of nitriles is 1. The topological polar surface area (TPSA) is 117 Å². The van der Waals surface area contributed by atoms with Gasteiger partial charge in [-0.25, -0.2) is 14.8 Å². The number of urea groups is 1. The monoisotopic (exact) mass is 577 g/mol. The molecule has 2 fully saturated rings. The molecule has 0 saturated carbocycles. The Kier molecular flexibility index (Phi) is 6.85. The van der Waals surface area contributed by atoms with E-state index in [0.717, 1.165) is 52.1 Å². The van der Waals surface area contributed by atoms with Crippen molar-refractivity contribution in [3.05, 3.63) is 40.4 Å². The van der Waals surface area contributed by atoms with Gasteiger partial charge in [0.2, 0.25) is 10.1 Å². The zero-order valence-electron chi connectivity index (χ0n) is 22.9. The van der Waals surface area contributed by atoms with Crippen LogP contribution in [-0.4, -0.2) is 92.9 Å². The van der Waals surface area contributed by atoms with Gasteiger partial charge in [-0.2, -0.15) is 9.78 Å². The molecule has 1 atom stereocenters. The van der Waals surface area contributed by atoms with E-state index in [4.69, 9.17) is 15.1 Å². The van der Waals surface area contributed by atoms with E-state index in [1.54, 1.807) is 9.80 Å². The van der Waals surface area contributed by atoms with Crippen LogP contribution in [0.5, 0.6) is 0 Å². The molecular weight excluding hydrogens is 546 g/mol. The number of hydrogen-bond acceptors (Lipinski definition) is 10. The number of rotatable bonds is 6. The van der Waals surface area contributed by atoms with Crippen molar-refractivity contribution in [1.82, 2.24) is 29.4 Å². The second kappa shape index (κ2) is 10.3. The van der Waals surface area contributed by atoms with Crippen molar-refractivity contribution in [2.75, 3.05) is 50.1 Å². The second-order valence-electron chi connectivity index (χ2n) is 10.4. The molecule has 40 heavy (non-hydrogen) atoms. The standard InChI is InChI=1S/C27H31N9O2S2/c1-5-20-23(33(4)24-30-22(21(12-28)39-24)17-8-6-16(2)7-9-17)36-25(29-20)40-26(31-36)34-11-10-18(13-34)32(3)27(38)35-14-19(37)15-35/h6-9,18-19,37H,5,10-11,13-15H2,1-4H3/t18-/m0/s1. The summed E-state index contributed by atoms with van der Waals surface area (Å²) < 4.78 is 1.88. The van der Waals surface area contributed by atoms with Gasteiger partial charge in [0.25, 0.3) is 0 Å². The summed E-state index contributed by atoms with van der Waals surface area (Å²) >= 11 is 2.90. The van der Waals surface area contributed by atoms with Crippen LogP contribution in [0.1, 0.15) is 29.5 Å². The van der Waals surface area contributed by atoms with Crippen LogP contribution < -0.4 is 9.80 Å². The number of hydrogen-bond donors (Lipinski definition) is 1. The van der Waals surface area contributed by atoms with E-state index >= 15 is 0 Å². The van der Waals surface area contributed by atoms with Crippen molar-refractivity contribution in [3.8, 4) is 17.3 Å². The van der Waals surface area contributed by atoms with Gasteiger partial charge in [0.05, 0.1) is 30.9 Å². The fourth-order valence-electron chi connectivity index (χ4n) is 5.22. The predicted octanol–water partition coefficient (Wildman–Crippen LogP) is 3.73. The number of aliphatic hydroxyl groups excluding tert-OH is 1. The molecule has 3 aromatic heterocycles. The van der Waals surface area contributed by atoms with Crippen LogP contribution in [0.2, 0.25) is 0 Å². The Balaban J connectivity index is 1.26. The first-order chi connectivity index (χ1) is 19.3. The van der Waals surface area contributed by atoms with Gasteiger partial charge in [0.15, 0.2) is 10.9 Å². The average molecular weight is 578 g/mol. The number of β-amino-alcohol motifs (C(OH)–C–C–N with tert-alkyl or cyclic N) is 1. The summed E-state index contributed by atoms with van der Waals surface area (Å²) in [6.45, 7) is 6.40. The number of amides is 2. The van der Waals surface area contributed by atoms with Crippen LogP contribution in [-0.2, 0) is 6.42 Å². The fourth-order valence-corrected chi connectivity index (χ4v) is 7.02. The van der Waals surface area contributed by atoms with Crippen LogP contribution in [0.4, 0.5) is 20.9 Å². The summed E-state index contributed by atoms with van der Waals surface area (Å²) in [6, 6.07) is 10.4. The third kappa shape index (κ3) is 4.55. The van der Waals surface area contributed by atoms with Crippen molar-refractivity contribution >= 4 is 49.7 Å². The highest BCUT2D eigenvalue weighted by molar-refractivity contribution is 7.20. The number of fused-ring (bicyclic) bond motifs is 1. The Labute approximate surface area is 240 Å². The molecule has 2 aliphatic heterocycles. The number of benzene rings is 1. The number of carbonyl (C=O) groups is 1. The molecule has 0 unspecified atom stereocenters. The average Bonchev–Trinajstić information content (AvgIpc) is 3.72. The highest BCUT2D eigenvalue weighted by Crippen LogP contribution is 2.38. The summed E-state index contributed by atoms with van der Waals surface area (Å²) in [5.74, 6) is 0.841. The van der Waals surface area contributed by atoms with Gasteiger partial charge < -0.3 is 24.7 Å². The fraction of sp³-hybridized carbons (Fsp3) is 0.444. The van der Waals surface area contributed by atoms with Crippen LogP contribution in [0.3, 0.4) is 0 Å². The van der Waals surface area contributed by atoms with Crippen molar-refractivity contribution in [2.45, 2.75) is 38.8 Å². The maximum Gasteiger partial charge on any atom is 0.320 e. The lowest BCUT2D eigenvalue weighted by molar-refractivity contribution is 0.0144. The number of aryl methyl sites for hydroxylation is 2. The molecule has 6 rings (SSSR count). The minimum Gasteiger partial charge on any atom is -0.389 e. The van der Waals surface area contributed by atoms with E-state index < -0.39 is 6.10 Å². The molecule has 1 N–H and O–H groups in total. The number of likely N-dealkylation sites (N-methyl/N-ethyl adjacent to an activating group) is 1. The molecule has 0 aliphatic carbocycles. The van der Waals surface area contributed by atoms with Gasteiger partial charge in [-0.15, -0.1) is 5.10 Å². The van der Waals surface area contributed by atoms with Crippen molar-refractivity contribution < 1.29 is 9.90 Å². The molecule has 2 aliphatic rings. The van der Waals surface area contributed by atoms with Crippen LogP contribution in [0.15, 0.2) is 24.3 Å². The molecule has 0 bridgehead atoms.